The number of aliphatic hydroxyl groups excluding tert-OH is 2. The van der Waals surface area contributed by atoms with Crippen LogP contribution in [0.1, 0.15) is 194 Å². The quantitative estimate of drug-likeness (QED) is 0.0147. The number of carbonyl (C=O) groups is 2. The maximum absolute atomic E-state index is 11.5. The van der Waals surface area contributed by atoms with E-state index in [1.165, 1.54) is 96.3 Å². The molecular formula is C42H81NaO14P2. The van der Waals surface area contributed by atoms with Gasteiger partial charge in [0.15, 0.2) is 0 Å². The van der Waals surface area contributed by atoms with Crippen LogP contribution in [-0.4, -0.2) is 75.5 Å². The summed E-state index contributed by atoms with van der Waals surface area (Å²) >= 11 is 0. The van der Waals surface area contributed by atoms with Gasteiger partial charge in [-0.25, -0.2) is 4.57 Å². The Morgan fingerprint density at radius 2 is 0.780 bits per heavy atom. The molecule has 0 bridgehead atoms. The first-order valence-electron chi connectivity index (χ1n) is 22.1. The maximum atomic E-state index is 11.5. The smallest absolute Gasteiger partial charge is 0.756 e. The van der Waals surface area contributed by atoms with Gasteiger partial charge in [-0.15, -0.1) is 0 Å². The molecular weight excluding hydrogens is 813 g/mol. The number of hydrogen-bond acceptors (Lipinski definition) is 11. The number of phosphoric acid groups is 2. The van der Waals surface area contributed by atoms with Crippen LogP contribution >= 0.6 is 15.6 Å². The number of ether oxygens (including phenoxy) is 2. The SMILES string of the molecule is CCCCCCCC/C=C\CCCCCCCC(=O)OC[C@@H](O)COP(=O)(O)O.CCCCCCCC/C=C\CCCCCCCC(=O)OC[C@@H](O)COP(=O)([O-])O.[Na+]. The average molecular weight is 895 g/mol. The van der Waals surface area contributed by atoms with E-state index in [-0.39, 0.29) is 55.6 Å². The molecule has 59 heavy (non-hydrogen) atoms. The molecule has 0 radical (unpaired) electrons. The van der Waals surface area contributed by atoms with Crippen molar-refractivity contribution in [3.63, 3.8) is 0 Å². The fourth-order valence-corrected chi connectivity index (χ4v) is 6.39. The van der Waals surface area contributed by atoms with Gasteiger partial charge in [0.25, 0.3) is 7.82 Å². The molecule has 17 heteroatoms. The molecule has 0 rings (SSSR count). The third-order valence-corrected chi connectivity index (χ3v) is 9.98. The number of unbranched alkanes of at least 4 members (excludes halogenated alkanes) is 22. The minimum atomic E-state index is -4.87. The minimum Gasteiger partial charge on any atom is -0.756 e. The van der Waals surface area contributed by atoms with Crippen molar-refractivity contribution in [3.8, 4) is 0 Å². The molecule has 5 N–H and O–H groups in total. The van der Waals surface area contributed by atoms with Crippen LogP contribution in [0.3, 0.4) is 0 Å². The molecule has 0 amide bonds. The molecule has 0 aromatic heterocycles. The molecule has 0 fully saturated rings. The van der Waals surface area contributed by atoms with E-state index >= 15 is 0 Å². The maximum Gasteiger partial charge on any atom is 1.00 e. The van der Waals surface area contributed by atoms with Gasteiger partial charge < -0.3 is 43.8 Å². The van der Waals surface area contributed by atoms with Gasteiger partial charge in [0, 0.05) is 12.8 Å². The van der Waals surface area contributed by atoms with E-state index in [1.54, 1.807) is 0 Å². The van der Waals surface area contributed by atoms with E-state index in [0.29, 0.717) is 0 Å². The van der Waals surface area contributed by atoms with Crippen LogP contribution < -0.4 is 34.5 Å². The molecule has 0 aromatic carbocycles. The number of rotatable bonds is 40. The largest absolute Gasteiger partial charge is 1.00 e. The number of hydrogen-bond donors (Lipinski definition) is 5. The van der Waals surface area contributed by atoms with Crippen molar-refractivity contribution in [3.05, 3.63) is 24.3 Å². The van der Waals surface area contributed by atoms with Crippen molar-refractivity contribution in [2.45, 2.75) is 206 Å². The number of esters is 2. The summed E-state index contributed by atoms with van der Waals surface area (Å²) in [6, 6.07) is 0. The van der Waals surface area contributed by atoms with Crippen molar-refractivity contribution in [1.29, 1.82) is 0 Å². The molecule has 0 heterocycles. The molecule has 0 saturated heterocycles. The zero-order valence-corrected chi connectivity index (χ0v) is 40.7. The summed E-state index contributed by atoms with van der Waals surface area (Å²) in [7, 11) is -9.49. The molecule has 0 aliphatic rings. The van der Waals surface area contributed by atoms with Crippen LogP contribution in [0.5, 0.6) is 0 Å². The zero-order valence-electron chi connectivity index (χ0n) is 36.9. The van der Waals surface area contributed by atoms with Crippen molar-refractivity contribution < 1.29 is 96.6 Å². The Kier molecular flexibility index (Phi) is 48.6. The average Bonchev–Trinajstić information content (AvgIpc) is 3.17. The fourth-order valence-electron chi connectivity index (χ4n) is 5.66. The summed E-state index contributed by atoms with van der Waals surface area (Å²) < 4.78 is 38.7. The molecule has 0 spiro atoms. The first-order valence-corrected chi connectivity index (χ1v) is 25.1. The van der Waals surface area contributed by atoms with E-state index < -0.39 is 53.0 Å². The van der Waals surface area contributed by atoms with Crippen LogP contribution in [-0.2, 0) is 37.2 Å². The molecule has 0 aliphatic heterocycles. The Morgan fingerprint density at radius 3 is 1.08 bits per heavy atom. The van der Waals surface area contributed by atoms with Gasteiger partial charge in [0.2, 0.25) is 0 Å². The Bertz CT molecular complexity index is 1020. The van der Waals surface area contributed by atoms with Gasteiger partial charge in [-0.3, -0.25) is 18.7 Å². The van der Waals surface area contributed by atoms with Gasteiger partial charge in [-0.1, -0.05) is 141 Å². The Balaban J connectivity index is -0.00000105. The monoisotopic (exact) mass is 894 g/mol. The second-order valence-electron chi connectivity index (χ2n) is 14.9. The number of phosphoric ester groups is 2. The summed E-state index contributed by atoms with van der Waals surface area (Å²) in [4.78, 5) is 58.9. The van der Waals surface area contributed by atoms with Gasteiger partial charge in [0.1, 0.15) is 25.4 Å². The number of carbonyl (C=O) groups excluding carboxylic acids is 2. The van der Waals surface area contributed by atoms with E-state index in [2.05, 4.69) is 47.2 Å². The first-order chi connectivity index (χ1) is 27.7. The van der Waals surface area contributed by atoms with Gasteiger partial charge in [0.05, 0.1) is 13.2 Å². The summed E-state index contributed by atoms with van der Waals surface area (Å²) in [6.45, 7) is 2.57. The van der Waals surface area contributed by atoms with Crippen LogP contribution in [0.15, 0.2) is 24.3 Å². The van der Waals surface area contributed by atoms with Crippen molar-refractivity contribution in [2.75, 3.05) is 26.4 Å². The topological polar surface area (TPSA) is 229 Å². The zero-order chi connectivity index (χ0) is 43.6. The molecule has 0 saturated carbocycles. The van der Waals surface area contributed by atoms with Crippen molar-refractivity contribution >= 4 is 27.6 Å². The molecule has 0 aromatic rings. The van der Waals surface area contributed by atoms with Crippen molar-refractivity contribution in [2.24, 2.45) is 0 Å². The summed E-state index contributed by atoms with van der Waals surface area (Å²) in [6.07, 6.45) is 38.0. The summed E-state index contributed by atoms with van der Waals surface area (Å²) in [5.74, 6) is -0.853. The predicted octanol–water partition coefficient (Wildman–Crippen LogP) is 6.45. The van der Waals surface area contributed by atoms with Crippen LogP contribution in [0, 0.1) is 0 Å². The van der Waals surface area contributed by atoms with E-state index in [1.807, 2.05) is 0 Å². The molecule has 14 nitrogen and oxygen atoms in total. The third-order valence-electron chi connectivity index (χ3n) is 9.02. The number of aliphatic hydroxyl groups is 2. The molecule has 1 unspecified atom stereocenters. The first kappa shape index (κ1) is 62.9. The van der Waals surface area contributed by atoms with Crippen LogP contribution in [0.4, 0.5) is 0 Å². The van der Waals surface area contributed by atoms with Gasteiger partial charge in [-0.2, -0.15) is 0 Å². The summed E-state index contributed by atoms with van der Waals surface area (Å²) in [5, 5.41) is 18.8. The Hall–Kier alpha value is -0.440. The van der Waals surface area contributed by atoms with Crippen LogP contribution in [0.25, 0.3) is 0 Å². The molecule has 3 atom stereocenters. The normalized spacial score (nSPS) is 13.7. The predicted molar refractivity (Wildman–Crippen MR) is 227 cm³/mol. The second kappa shape index (κ2) is 45.6. The van der Waals surface area contributed by atoms with Gasteiger partial charge in [-0.05, 0) is 64.2 Å². The Labute approximate surface area is 378 Å². The number of allylic oxidation sites excluding steroid dienone is 4. The standard InChI is InChI=1S/2C21H41O7P.Na/c2*1-2-3-4-5-6-7-8-9-10-11-12-13-14-15-16-17-21(23)27-18-20(22)19-28-29(24,25)26;/h2*9-10,20,22H,2-8,11-19H2,1H3,(H2,24,25,26);/q;;+1/p-1/b2*10-9-;/t2*20-;/m11./s1. The second-order valence-corrected chi connectivity index (χ2v) is 17.3. The van der Waals surface area contributed by atoms with Crippen LogP contribution in [0.2, 0.25) is 0 Å². The van der Waals surface area contributed by atoms with E-state index in [4.69, 9.17) is 24.2 Å². The fraction of sp³-hybridized carbons (Fsp3) is 0.857. The molecule has 0 aliphatic carbocycles. The van der Waals surface area contributed by atoms with E-state index in [0.717, 1.165) is 70.6 Å². The van der Waals surface area contributed by atoms with Crippen molar-refractivity contribution in [1.82, 2.24) is 0 Å². The van der Waals surface area contributed by atoms with Gasteiger partial charge >= 0.3 is 49.3 Å². The summed E-state index contributed by atoms with van der Waals surface area (Å²) in [5.41, 5.74) is 0. The van der Waals surface area contributed by atoms with E-state index in [9.17, 15) is 33.8 Å². The minimum absolute atomic E-state index is 0. The molecule has 344 valence electrons. The third kappa shape index (κ3) is 57.6. The Morgan fingerprint density at radius 1 is 0.492 bits per heavy atom.